The molecule has 0 saturated carbocycles. The number of hydrogen-bond donors (Lipinski definition) is 0. The predicted molar refractivity (Wildman–Crippen MR) is 55.0 cm³/mol. The highest BCUT2D eigenvalue weighted by Crippen LogP contribution is 2.07. The van der Waals surface area contributed by atoms with Gasteiger partial charge in [-0.05, 0) is 23.6 Å². The topological polar surface area (TPSA) is 23.8 Å². The number of nitriles is 1. The van der Waals surface area contributed by atoms with E-state index >= 15 is 0 Å². The second-order valence-corrected chi connectivity index (χ2v) is 3.34. The predicted octanol–water partition coefficient (Wildman–Crippen LogP) is 3.23. The van der Waals surface area contributed by atoms with E-state index in [2.05, 4.69) is 26.0 Å². The summed E-state index contributed by atoms with van der Waals surface area (Å²) in [5.74, 6) is 0.547. The third-order valence-electron chi connectivity index (χ3n) is 1.69. The van der Waals surface area contributed by atoms with Crippen LogP contribution in [0, 0.1) is 17.2 Å². The largest absolute Gasteiger partial charge is 0.192 e. The lowest BCUT2D eigenvalue weighted by atomic mass is 10.1. The zero-order chi connectivity index (χ0) is 9.68. The molecule has 1 aromatic rings. The van der Waals surface area contributed by atoms with E-state index in [-0.39, 0.29) is 0 Å². The van der Waals surface area contributed by atoms with Crippen LogP contribution in [0.2, 0.25) is 0 Å². The van der Waals surface area contributed by atoms with Crippen molar-refractivity contribution in [2.45, 2.75) is 13.8 Å². The second-order valence-electron chi connectivity index (χ2n) is 3.34. The van der Waals surface area contributed by atoms with E-state index in [0.717, 1.165) is 5.56 Å². The fourth-order valence-electron chi connectivity index (χ4n) is 1.02. The minimum atomic E-state index is 0.547. The van der Waals surface area contributed by atoms with Crippen molar-refractivity contribution in [3.05, 3.63) is 41.5 Å². The molecule has 0 unspecified atom stereocenters. The number of allylic oxidation sites excluding steroid dienone is 1. The van der Waals surface area contributed by atoms with Crippen LogP contribution in [0.15, 0.2) is 30.3 Å². The summed E-state index contributed by atoms with van der Waals surface area (Å²) in [7, 11) is 0. The zero-order valence-electron chi connectivity index (χ0n) is 7.99. The molecule has 1 heteroatoms. The normalized spacial score (nSPS) is 10.6. The molecule has 0 heterocycles. The van der Waals surface area contributed by atoms with Gasteiger partial charge in [-0.1, -0.05) is 38.1 Å². The van der Waals surface area contributed by atoms with Crippen molar-refractivity contribution >= 4 is 6.08 Å². The van der Waals surface area contributed by atoms with Crippen LogP contribution in [0.25, 0.3) is 6.08 Å². The van der Waals surface area contributed by atoms with Gasteiger partial charge >= 0.3 is 0 Å². The summed E-state index contributed by atoms with van der Waals surface area (Å²) < 4.78 is 0. The molecule has 0 fully saturated rings. The van der Waals surface area contributed by atoms with Gasteiger partial charge < -0.3 is 0 Å². The summed E-state index contributed by atoms with van der Waals surface area (Å²) in [5.41, 5.74) is 1.80. The highest BCUT2D eigenvalue weighted by atomic mass is 14.2. The Labute approximate surface area is 79.3 Å². The molecule has 0 amide bonds. The van der Waals surface area contributed by atoms with Gasteiger partial charge in [0.25, 0.3) is 0 Å². The maximum atomic E-state index is 8.67. The van der Waals surface area contributed by atoms with Gasteiger partial charge in [0.2, 0.25) is 0 Å². The summed E-state index contributed by atoms with van der Waals surface area (Å²) in [6, 6.07) is 9.72. The maximum absolute atomic E-state index is 8.67. The fourth-order valence-corrected chi connectivity index (χ4v) is 1.02. The third kappa shape index (κ3) is 3.13. The highest BCUT2D eigenvalue weighted by molar-refractivity contribution is 5.52. The van der Waals surface area contributed by atoms with E-state index in [1.165, 1.54) is 0 Å². The zero-order valence-corrected chi connectivity index (χ0v) is 7.99. The molecule has 0 saturated heterocycles. The molecule has 0 bridgehead atoms. The molecule has 0 aliphatic carbocycles. The van der Waals surface area contributed by atoms with Crippen LogP contribution >= 0.6 is 0 Å². The average molecular weight is 171 g/mol. The molecule has 1 rings (SSSR count). The van der Waals surface area contributed by atoms with Gasteiger partial charge in [-0.3, -0.25) is 0 Å². The van der Waals surface area contributed by atoms with Crippen LogP contribution < -0.4 is 0 Å². The molecule has 0 aromatic heterocycles. The fraction of sp³-hybridized carbons (Fsp3) is 0.250. The summed E-state index contributed by atoms with van der Waals surface area (Å²) in [6.07, 6.45) is 4.17. The molecule has 0 spiro atoms. The highest BCUT2D eigenvalue weighted by Gasteiger charge is 1.91. The van der Waals surface area contributed by atoms with Gasteiger partial charge in [-0.25, -0.2) is 0 Å². The van der Waals surface area contributed by atoms with Crippen LogP contribution in [0.1, 0.15) is 25.0 Å². The van der Waals surface area contributed by atoms with E-state index in [9.17, 15) is 0 Å². The van der Waals surface area contributed by atoms with Gasteiger partial charge in [0, 0.05) is 0 Å². The summed E-state index contributed by atoms with van der Waals surface area (Å²) in [4.78, 5) is 0. The van der Waals surface area contributed by atoms with Crippen molar-refractivity contribution in [3.63, 3.8) is 0 Å². The lowest BCUT2D eigenvalue weighted by Crippen LogP contribution is -1.79. The van der Waals surface area contributed by atoms with Gasteiger partial charge in [0.05, 0.1) is 11.6 Å². The van der Waals surface area contributed by atoms with Crippen LogP contribution in [-0.2, 0) is 0 Å². The summed E-state index contributed by atoms with van der Waals surface area (Å²) in [5, 5.41) is 8.67. The molecule has 0 N–H and O–H groups in total. The van der Waals surface area contributed by atoms with E-state index < -0.39 is 0 Å². The quantitative estimate of drug-likeness (QED) is 0.670. The number of nitrogens with zero attached hydrogens (tertiary/aromatic N) is 1. The van der Waals surface area contributed by atoms with Gasteiger partial charge in [0.1, 0.15) is 0 Å². The monoisotopic (exact) mass is 171 g/mol. The van der Waals surface area contributed by atoms with Crippen molar-refractivity contribution in [2.75, 3.05) is 0 Å². The third-order valence-corrected chi connectivity index (χ3v) is 1.69. The first-order valence-electron chi connectivity index (χ1n) is 4.41. The lowest BCUT2D eigenvalue weighted by molar-refractivity contribution is 0.836. The minimum Gasteiger partial charge on any atom is -0.192 e. The number of hydrogen-bond acceptors (Lipinski definition) is 1. The Morgan fingerprint density at radius 1 is 1.38 bits per heavy atom. The minimum absolute atomic E-state index is 0.547. The molecule has 0 radical (unpaired) electrons. The molecular formula is C12H13N. The Morgan fingerprint density at radius 3 is 2.77 bits per heavy atom. The Kier molecular flexibility index (Phi) is 3.28. The van der Waals surface area contributed by atoms with Crippen LogP contribution in [0.3, 0.4) is 0 Å². The first kappa shape index (κ1) is 9.54. The summed E-state index contributed by atoms with van der Waals surface area (Å²) in [6.45, 7) is 4.26. The first-order chi connectivity index (χ1) is 6.22. The molecule has 0 aliphatic heterocycles. The Morgan fingerprint density at radius 2 is 2.15 bits per heavy atom. The maximum Gasteiger partial charge on any atom is 0.0991 e. The SMILES string of the molecule is CC(C)/C=C\c1cccc(C#N)c1. The Balaban J connectivity index is 2.85. The van der Waals surface area contributed by atoms with Crippen molar-refractivity contribution in [1.82, 2.24) is 0 Å². The van der Waals surface area contributed by atoms with Crippen LogP contribution in [-0.4, -0.2) is 0 Å². The Bertz CT molecular complexity index is 342. The van der Waals surface area contributed by atoms with Crippen molar-refractivity contribution in [1.29, 1.82) is 5.26 Å². The lowest BCUT2D eigenvalue weighted by Gasteiger charge is -1.95. The molecule has 66 valence electrons. The van der Waals surface area contributed by atoms with E-state index in [1.54, 1.807) is 0 Å². The molecule has 1 aromatic carbocycles. The van der Waals surface area contributed by atoms with Crippen molar-refractivity contribution in [2.24, 2.45) is 5.92 Å². The van der Waals surface area contributed by atoms with Gasteiger partial charge in [0.15, 0.2) is 0 Å². The van der Waals surface area contributed by atoms with Crippen molar-refractivity contribution < 1.29 is 0 Å². The first-order valence-corrected chi connectivity index (χ1v) is 4.41. The molecular weight excluding hydrogens is 158 g/mol. The smallest absolute Gasteiger partial charge is 0.0991 e. The molecule has 13 heavy (non-hydrogen) atoms. The second kappa shape index (κ2) is 4.47. The van der Waals surface area contributed by atoms with Gasteiger partial charge in [-0.15, -0.1) is 0 Å². The number of rotatable bonds is 2. The van der Waals surface area contributed by atoms with Crippen molar-refractivity contribution in [3.8, 4) is 6.07 Å². The molecule has 0 aliphatic rings. The standard InChI is InChI=1S/C12H13N/c1-10(2)6-7-11-4-3-5-12(8-11)9-13/h3-8,10H,1-2H3/b7-6-. The molecule has 0 atom stereocenters. The van der Waals surface area contributed by atoms with E-state index in [0.29, 0.717) is 11.5 Å². The van der Waals surface area contributed by atoms with E-state index in [4.69, 9.17) is 5.26 Å². The number of benzene rings is 1. The van der Waals surface area contributed by atoms with Gasteiger partial charge in [-0.2, -0.15) is 5.26 Å². The average Bonchev–Trinajstić information content (AvgIpc) is 2.15. The van der Waals surface area contributed by atoms with Crippen LogP contribution in [0.4, 0.5) is 0 Å². The molecule has 1 nitrogen and oxygen atoms in total. The summed E-state index contributed by atoms with van der Waals surface area (Å²) >= 11 is 0. The Hall–Kier alpha value is -1.55. The van der Waals surface area contributed by atoms with E-state index in [1.807, 2.05) is 30.3 Å². The van der Waals surface area contributed by atoms with Crippen LogP contribution in [0.5, 0.6) is 0 Å².